The second-order valence-electron chi connectivity index (χ2n) is 7.23. The van der Waals surface area contributed by atoms with Gasteiger partial charge in [0, 0.05) is 13.0 Å². The average molecular weight is 317 g/mol. The molecule has 0 aromatic heterocycles. The van der Waals surface area contributed by atoms with Gasteiger partial charge in [0.2, 0.25) is 5.91 Å². The normalized spacial score (nSPS) is 22.3. The van der Waals surface area contributed by atoms with Gasteiger partial charge in [-0.05, 0) is 50.1 Å². The third-order valence-electron chi connectivity index (χ3n) is 5.26. The minimum atomic E-state index is 0. The standard InChI is InChI=1S/C17H32N2O.ClH/c1-17(10-12-18-13-11-17)14-19-16(20)9-5-8-15-6-3-2-4-7-15;/h15,18H,2-14H2,1H3,(H,19,20);1H. The molecule has 1 aliphatic carbocycles. The monoisotopic (exact) mass is 316 g/mol. The highest BCUT2D eigenvalue weighted by Crippen LogP contribution is 2.28. The first kappa shape index (κ1) is 18.8. The Kier molecular flexibility index (Phi) is 8.65. The van der Waals surface area contributed by atoms with Crippen molar-refractivity contribution in [1.82, 2.24) is 10.6 Å². The van der Waals surface area contributed by atoms with Crippen molar-refractivity contribution < 1.29 is 4.79 Å². The smallest absolute Gasteiger partial charge is 0.220 e. The van der Waals surface area contributed by atoms with Crippen LogP contribution < -0.4 is 10.6 Å². The summed E-state index contributed by atoms with van der Waals surface area (Å²) < 4.78 is 0. The van der Waals surface area contributed by atoms with Gasteiger partial charge >= 0.3 is 0 Å². The van der Waals surface area contributed by atoms with E-state index in [4.69, 9.17) is 0 Å². The van der Waals surface area contributed by atoms with E-state index >= 15 is 0 Å². The molecule has 21 heavy (non-hydrogen) atoms. The lowest BCUT2D eigenvalue weighted by Crippen LogP contribution is -2.42. The first-order chi connectivity index (χ1) is 9.68. The van der Waals surface area contributed by atoms with Crippen molar-refractivity contribution in [3.05, 3.63) is 0 Å². The van der Waals surface area contributed by atoms with E-state index in [1.165, 1.54) is 51.4 Å². The largest absolute Gasteiger partial charge is 0.356 e. The molecule has 0 unspecified atom stereocenters. The van der Waals surface area contributed by atoms with Crippen molar-refractivity contribution in [3.8, 4) is 0 Å². The number of amides is 1. The lowest BCUT2D eigenvalue weighted by Gasteiger charge is -2.34. The molecule has 2 fully saturated rings. The molecule has 1 heterocycles. The van der Waals surface area contributed by atoms with Gasteiger partial charge in [-0.3, -0.25) is 4.79 Å². The molecule has 2 aliphatic rings. The van der Waals surface area contributed by atoms with Crippen molar-refractivity contribution >= 4 is 18.3 Å². The molecule has 4 heteroatoms. The van der Waals surface area contributed by atoms with Crippen LogP contribution in [0.1, 0.15) is 71.1 Å². The quantitative estimate of drug-likeness (QED) is 0.785. The fourth-order valence-corrected chi connectivity index (χ4v) is 3.63. The van der Waals surface area contributed by atoms with E-state index in [0.717, 1.165) is 38.4 Å². The van der Waals surface area contributed by atoms with Crippen LogP contribution in [0.4, 0.5) is 0 Å². The lowest BCUT2D eigenvalue weighted by molar-refractivity contribution is -0.121. The number of halogens is 1. The van der Waals surface area contributed by atoms with Crippen LogP contribution in [0, 0.1) is 11.3 Å². The van der Waals surface area contributed by atoms with E-state index in [0.29, 0.717) is 5.41 Å². The summed E-state index contributed by atoms with van der Waals surface area (Å²) >= 11 is 0. The zero-order chi connectivity index (χ0) is 14.3. The molecule has 0 atom stereocenters. The van der Waals surface area contributed by atoms with Gasteiger partial charge in [0.15, 0.2) is 0 Å². The van der Waals surface area contributed by atoms with Crippen LogP contribution in [0.3, 0.4) is 0 Å². The zero-order valence-electron chi connectivity index (χ0n) is 13.6. The predicted molar refractivity (Wildman–Crippen MR) is 90.9 cm³/mol. The van der Waals surface area contributed by atoms with E-state index in [1.807, 2.05) is 0 Å². The van der Waals surface area contributed by atoms with Gasteiger partial charge in [0.25, 0.3) is 0 Å². The maximum atomic E-state index is 11.9. The number of hydrogen-bond acceptors (Lipinski definition) is 2. The van der Waals surface area contributed by atoms with Crippen LogP contribution in [0.2, 0.25) is 0 Å². The van der Waals surface area contributed by atoms with Crippen LogP contribution in [0.5, 0.6) is 0 Å². The molecule has 0 radical (unpaired) electrons. The summed E-state index contributed by atoms with van der Waals surface area (Å²) in [6.45, 7) is 5.34. The van der Waals surface area contributed by atoms with Crippen LogP contribution in [0.15, 0.2) is 0 Å². The molecule has 0 aromatic carbocycles. The fourth-order valence-electron chi connectivity index (χ4n) is 3.63. The van der Waals surface area contributed by atoms with Gasteiger partial charge in [-0.25, -0.2) is 0 Å². The minimum Gasteiger partial charge on any atom is -0.356 e. The van der Waals surface area contributed by atoms with Gasteiger partial charge in [0.05, 0.1) is 0 Å². The van der Waals surface area contributed by atoms with Gasteiger partial charge in [0.1, 0.15) is 0 Å². The minimum absolute atomic E-state index is 0. The van der Waals surface area contributed by atoms with Gasteiger partial charge in [-0.1, -0.05) is 39.0 Å². The Morgan fingerprint density at radius 2 is 1.86 bits per heavy atom. The molecular weight excluding hydrogens is 284 g/mol. The van der Waals surface area contributed by atoms with Gasteiger partial charge < -0.3 is 10.6 Å². The third-order valence-corrected chi connectivity index (χ3v) is 5.26. The van der Waals surface area contributed by atoms with Crippen LogP contribution in [0.25, 0.3) is 0 Å². The second kappa shape index (κ2) is 9.68. The number of rotatable bonds is 6. The van der Waals surface area contributed by atoms with Crippen molar-refractivity contribution in [2.75, 3.05) is 19.6 Å². The summed E-state index contributed by atoms with van der Waals surface area (Å²) in [6.07, 6.45) is 12.4. The Balaban J connectivity index is 0.00000220. The molecule has 124 valence electrons. The molecule has 2 N–H and O–H groups in total. The fraction of sp³-hybridized carbons (Fsp3) is 0.941. The van der Waals surface area contributed by atoms with Crippen molar-refractivity contribution in [2.24, 2.45) is 11.3 Å². The maximum absolute atomic E-state index is 11.9. The Hall–Kier alpha value is -0.280. The predicted octanol–water partition coefficient (Wildman–Crippen LogP) is 3.66. The van der Waals surface area contributed by atoms with E-state index < -0.39 is 0 Å². The topological polar surface area (TPSA) is 41.1 Å². The highest BCUT2D eigenvalue weighted by molar-refractivity contribution is 5.85. The Bertz CT molecular complexity index is 297. The first-order valence-electron chi connectivity index (χ1n) is 8.65. The molecule has 3 nitrogen and oxygen atoms in total. The SMILES string of the molecule is CC1(CNC(=O)CCCC2CCCCC2)CCNCC1.Cl. The van der Waals surface area contributed by atoms with Crippen molar-refractivity contribution in [3.63, 3.8) is 0 Å². The number of piperidine rings is 1. The number of nitrogens with one attached hydrogen (secondary N) is 2. The second-order valence-corrected chi connectivity index (χ2v) is 7.23. The van der Waals surface area contributed by atoms with E-state index in [9.17, 15) is 4.79 Å². The van der Waals surface area contributed by atoms with Crippen LogP contribution in [-0.2, 0) is 4.79 Å². The molecule has 0 spiro atoms. The summed E-state index contributed by atoms with van der Waals surface area (Å²) in [6, 6.07) is 0. The maximum Gasteiger partial charge on any atom is 0.220 e. The average Bonchev–Trinajstić information content (AvgIpc) is 2.47. The first-order valence-corrected chi connectivity index (χ1v) is 8.65. The number of hydrogen-bond donors (Lipinski definition) is 2. The molecular formula is C17H33ClN2O. The van der Waals surface area contributed by atoms with E-state index in [1.54, 1.807) is 0 Å². The van der Waals surface area contributed by atoms with Crippen molar-refractivity contribution in [1.29, 1.82) is 0 Å². The number of carbonyl (C=O) groups is 1. The van der Waals surface area contributed by atoms with Gasteiger partial charge in [-0.15, -0.1) is 12.4 Å². The summed E-state index contributed by atoms with van der Waals surface area (Å²) in [5, 5.41) is 6.55. The Morgan fingerprint density at radius 1 is 1.19 bits per heavy atom. The molecule has 1 saturated heterocycles. The number of carbonyl (C=O) groups excluding carboxylic acids is 1. The summed E-state index contributed by atoms with van der Waals surface area (Å²) in [4.78, 5) is 11.9. The highest BCUT2D eigenvalue weighted by Gasteiger charge is 2.26. The molecule has 1 saturated carbocycles. The van der Waals surface area contributed by atoms with Crippen LogP contribution in [-0.4, -0.2) is 25.5 Å². The Morgan fingerprint density at radius 3 is 2.52 bits per heavy atom. The highest BCUT2D eigenvalue weighted by atomic mass is 35.5. The molecule has 1 aliphatic heterocycles. The summed E-state index contributed by atoms with van der Waals surface area (Å²) in [5.41, 5.74) is 0.310. The molecule has 0 aromatic rings. The van der Waals surface area contributed by atoms with E-state index in [-0.39, 0.29) is 18.3 Å². The third kappa shape index (κ3) is 7.01. The van der Waals surface area contributed by atoms with E-state index in [2.05, 4.69) is 17.6 Å². The van der Waals surface area contributed by atoms with Crippen LogP contribution >= 0.6 is 12.4 Å². The molecule has 2 rings (SSSR count). The summed E-state index contributed by atoms with van der Waals surface area (Å²) in [7, 11) is 0. The molecule has 1 amide bonds. The summed E-state index contributed by atoms with van der Waals surface area (Å²) in [5.74, 6) is 1.17. The van der Waals surface area contributed by atoms with Crippen molar-refractivity contribution in [2.45, 2.75) is 71.1 Å². The zero-order valence-corrected chi connectivity index (χ0v) is 14.4. The Labute approximate surface area is 136 Å². The van der Waals surface area contributed by atoms with Gasteiger partial charge in [-0.2, -0.15) is 0 Å². The lowest BCUT2D eigenvalue weighted by atomic mass is 9.81. The molecule has 0 bridgehead atoms.